The summed E-state index contributed by atoms with van der Waals surface area (Å²) in [4.78, 5) is 2.31. The molecule has 0 saturated heterocycles. The van der Waals surface area contributed by atoms with E-state index in [4.69, 9.17) is 0 Å². The third-order valence-corrected chi connectivity index (χ3v) is 4.10. The van der Waals surface area contributed by atoms with E-state index in [9.17, 15) is 10.2 Å². The van der Waals surface area contributed by atoms with Crippen molar-refractivity contribution >= 4 is 5.69 Å². The Hall–Kier alpha value is -1.06. The first kappa shape index (κ1) is 14.4. The Morgan fingerprint density at radius 3 is 2.37 bits per heavy atom. The predicted molar refractivity (Wildman–Crippen MR) is 78.4 cm³/mol. The lowest BCUT2D eigenvalue weighted by Crippen LogP contribution is -2.35. The molecule has 3 nitrogen and oxygen atoms in total. The molecule has 0 aromatic heterocycles. The quantitative estimate of drug-likeness (QED) is 0.829. The van der Waals surface area contributed by atoms with Crippen LogP contribution in [0.25, 0.3) is 0 Å². The maximum Gasteiger partial charge on any atom is 0.0787 e. The van der Waals surface area contributed by atoms with Crippen LogP contribution < -0.4 is 4.90 Å². The molecule has 106 valence electrons. The molecule has 3 heteroatoms. The van der Waals surface area contributed by atoms with Crippen molar-refractivity contribution in [2.75, 3.05) is 18.1 Å². The molecule has 0 heterocycles. The molecule has 1 aliphatic carbocycles. The topological polar surface area (TPSA) is 43.7 Å². The molecule has 0 radical (unpaired) electrons. The number of hydrogen-bond acceptors (Lipinski definition) is 3. The van der Waals surface area contributed by atoms with E-state index in [0.29, 0.717) is 12.6 Å². The van der Waals surface area contributed by atoms with E-state index in [1.54, 1.807) is 0 Å². The molecule has 1 atom stereocenters. The Balaban J connectivity index is 2.12. The number of rotatable bonds is 6. The molecular formula is C16H25NO2. The second-order valence-corrected chi connectivity index (χ2v) is 5.37. The van der Waals surface area contributed by atoms with Crippen molar-refractivity contribution in [3.63, 3.8) is 0 Å². The molecule has 19 heavy (non-hydrogen) atoms. The second kappa shape index (κ2) is 6.92. The molecule has 0 amide bonds. The third kappa shape index (κ3) is 3.48. The molecular weight excluding hydrogens is 238 g/mol. The zero-order valence-electron chi connectivity index (χ0n) is 11.8. The Morgan fingerprint density at radius 1 is 1.21 bits per heavy atom. The lowest BCUT2D eigenvalue weighted by Gasteiger charge is -2.30. The lowest BCUT2D eigenvalue weighted by molar-refractivity contribution is 0.173. The van der Waals surface area contributed by atoms with Gasteiger partial charge in [-0.3, -0.25) is 0 Å². The Kier molecular flexibility index (Phi) is 5.23. The van der Waals surface area contributed by atoms with Crippen LogP contribution in [0.15, 0.2) is 24.3 Å². The molecule has 1 fully saturated rings. The van der Waals surface area contributed by atoms with Gasteiger partial charge in [0, 0.05) is 18.3 Å². The van der Waals surface area contributed by atoms with Crippen LogP contribution >= 0.6 is 0 Å². The molecule has 1 saturated carbocycles. The van der Waals surface area contributed by atoms with E-state index >= 15 is 0 Å². The van der Waals surface area contributed by atoms with E-state index in [-0.39, 0.29) is 12.7 Å². The maximum atomic E-state index is 9.82. The molecule has 1 aliphatic rings. The van der Waals surface area contributed by atoms with Crippen molar-refractivity contribution in [1.29, 1.82) is 0 Å². The normalized spacial score (nSPS) is 17.6. The summed E-state index contributed by atoms with van der Waals surface area (Å²) in [6.45, 7) is 2.87. The fourth-order valence-electron chi connectivity index (χ4n) is 2.97. The highest BCUT2D eigenvalue weighted by molar-refractivity contribution is 5.49. The Bertz CT molecular complexity index is 371. The van der Waals surface area contributed by atoms with E-state index in [1.807, 2.05) is 19.1 Å². The molecule has 0 unspecified atom stereocenters. The second-order valence-electron chi connectivity index (χ2n) is 5.37. The zero-order valence-corrected chi connectivity index (χ0v) is 11.8. The van der Waals surface area contributed by atoms with Crippen LogP contribution in [-0.2, 0) is 0 Å². The van der Waals surface area contributed by atoms with Crippen molar-refractivity contribution in [3.05, 3.63) is 29.8 Å². The summed E-state index contributed by atoms with van der Waals surface area (Å²) in [5.41, 5.74) is 2.13. The summed E-state index contributed by atoms with van der Waals surface area (Å²) in [7, 11) is 0. The van der Waals surface area contributed by atoms with E-state index in [1.165, 1.54) is 25.7 Å². The van der Waals surface area contributed by atoms with Gasteiger partial charge in [0.15, 0.2) is 0 Å². The van der Waals surface area contributed by atoms with Gasteiger partial charge in [-0.15, -0.1) is 0 Å². The summed E-state index contributed by atoms with van der Waals surface area (Å²) < 4.78 is 0. The highest BCUT2D eigenvalue weighted by atomic mass is 16.3. The summed E-state index contributed by atoms with van der Waals surface area (Å²) in [5.74, 6) is 0. The van der Waals surface area contributed by atoms with Crippen molar-refractivity contribution in [3.8, 4) is 0 Å². The fraction of sp³-hybridized carbons (Fsp3) is 0.625. The number of hydrogen-bond donors (Lipinski definition) is 2. The molecule has 0 spiro atoms. The number of aliphatic hydroxyl groups is 2. The van der Waals surface area contributed by atoms with Crippen LogP contribution in [0.3, 0.4) is 0 Å². The first-order chi connectivity index (χ1) is 9.26. The smallest absolute Gasteiger partial charge is 0.0787 e. The number of anilines is 1. The van der Waals surface area contributed by atoms with Gasteiger partial charge >= 0.3 is 0 Å². The van der Waals surface area contributed by atoms with Crippen molar-refractivity contribution in [2.45, 2.75) is 51.2 Å². The zero-order chi connectivity index (χ0) is 13.7. The van der Waals surface area contributed by atoms with Crippen molar-refractivity contribution in [2.24, 2.45) is 0 Å². The molecule has 0 aliphatic heterocycles. The first-order valence-electron chi connectivity index (χ1n) is 7.41. The monoisotopic (exact) mass is 263 g/mol. The number of aliphatic hydroxyl groups excluding tert-OH is 2. The van der Waals surface area contributed by atoms with Gasteiger partial charge in [0.25, 0.3) is 0 Å². The lowest BCUT2D eigenvalue weighted by atomic mass is 10.1. The van der Waals surface area contributed by atoms with Gasteiger partial charge in [-0.25, -0.2) is 0 Å². The van der Waals surface area contributed by atoms with Gasteiger partial charge in [0.1, 0.15) is 0 Å². The van der Waals surface area contributed by atoms with Crippen molar-refractivity contribution in [1.82, 2.24) is 0 Å². The SMILES string of the molecule is CC[C@H](O)c1ccc(N(CCO)C2CCCC2)cc1. The minimum absolute atomic E-state index is 0.190. The van der Waals surface area contributed by atoms with Gasteiger partial charge < -0.3 is 15.1 Å². The van der Waals surface area contributed by atoms with Crippen LogP contribution in [0.1, 0.15) is 50.7 Å². The Morgan fingerprint density at radius 2 is 1.84 bits per heavy atom. The van der Waals surface area contributed by atoms with Gasteiger partial charge in [-0.2, -0.15) is 0 Å². The third-order valence-electron chi connectivity index (χ3n) is 4.10. The molecule has 2 rings (SSSR count). The van der Waals surface area contributed by atoms with E-state index in [0.717, 1.165) is 17.7 Å². The van der Waals surface area contributed by atoms with Crippen LogP contribution in [0, 0.1) is 0 Å². The largest absolute Gasteiger partial charge is 0.395 e. The Labute approximate surface area is 115 Å². The maximum absolute atomic E-state index is 9.82. The van der Waals surface area contributed by atoms with Gasteiger partial charge in [-0.05, 0) is 37.0 Å². The van der Waals surface area contributed by atoms with Crippen LogP contribution in [0.2, 0.25) is 0 Å². The highest BCUT2D eigenvalue weighted by Gasteiger charge is 2.22. The van der Waals surface area contributed by atoms with E-state index < -0.39 is 0 Å². The van der Waals surface area contributed by atoms with Crippen LogP contribution in [0.5, 0.6) is 0 Å². The van der Waals surface area contributed by atoms with Gasteiger partial charge in [-0.1, -0.05) is 31.9 Å². The fourth-order valence-corrected chi connectivity index (χ4v) is 2.97. The molecule has 1 aromatic carbocycles. The minimum atomic E-state index is -0.369. The number of benzene rings is 1. The summed E-state index contributed by atoms with van der Waals surface area (Å²) in [6.07, 6.45) is 5.39. The average molecular weight is 263 g/mol. The minimum Gasteiger partial charge on any atom is -0.395 e. The molecule has 0 bridgehead atoms. The molecule has 1 aromatic rings. The summed E-state index contributed by atoms with van der Waals surface area (Å²) in [6, 6.07) is 8.71. The highest BCUT2D eigenvalue weighted by Crippen LogP contribution is 2.29. The summed E-state index contributed by atoms with van der Waals surface area (Å²) >= 11 is 0. The van der Waals surface area contributed by atoms with Crippen LogP contribution in [-0.4, -0.2) is 29.4 Å². The van der Waals surface area contributed by atoms with E-state index in [2.05, 4.69) is 17.0 Å². The average Bonchev–Trinajstić information content (AvgIpc) is 2.98. The molecule has 2 N–H and O–H groups in total. The van der Waals surface area contributed by atoms with Gasteiger partial charge in [0.2, 0.25) is 0 Å². The van der Waals surface area contributed by atoms with Crippen molar-refractivity contribution < 1.29 is 10.2 Å². The standard InChI is InChI=1S/C16H25NO2/c1-2-16(19)13-7-9-15(10-8-13)17(11-12-18)14-5-3-4-6-14/h7-10,14,16,18-19H,2-6,11-12H2,1H3/t16-/m0/s1. The first-order valence-corrected chi connectivity index (χ1v) is 7.41. The van der Waals surface area contributed by atoms with Crippen LogP contribution in [0.4, 0.5) is 5.69 Å². The summed E-state index contributed by atoms with van der Waals surface area (Å²) in [5, 5.41) is 19.1. The van der Waals surface area contributed by atoms with Gasteiger partial charge in [0.05, 0.1) is 12.7 Å². The number of nitrogens with zero attached hydrogens (tertiary/aromatic N) is 1. The predicted octanol–water partition coefficient (Wildman–Crippen LogP) is 2.87.